The molecule has 2 heterocycles. The normalized spacial score (nSPS) is 14.5. The van der Waals surface area contributed by atoms with Crippen LogP contribution >= 0.6 is 33.9 Å². The van der Waals surface area contributed by atoms with Crippen LogP contribution in [-0.4, -0.2) is 11.2 Å². The highest BCUT2D eigenvalue weighted by Crippen LogP contribution is 2.17. The van der Waals surface area contributed by atoms with Crippen molar-refractivity contribution in [2.24, 2.45) is 4.99 Å². The van der Waals surface area contributed by atoms with E-state index in [2.05, 4.69) is 56.7 Å². The molecular weight excluding hydrogens is 457 g/mol. The van der Waals surface area contributed by atoms with Crippen LogP contribution in [0.15, 0.2) is 70.5 Å². The number of aromatic nitrogens is 1. The zero-order valence-electron chi connectivity index (χ0n) is 13.9. The minimum Gasteiger partial charge on any atom is -0.334 e. The van der Waals surface area contributed by atoms with Crippen LogP contribution in [0.5, 0.6) is 0 Å². The zero-order chi connectivity index (χ0) is 17.9. The average Bonchev–Trinajstić information content (AvgIpc) is 2.99. The van der Waals surface area contributed by atoms with Gasteiger partial charge < -0.3 is 4.90 Å². The van der Waals surface area contributed by atoms with E-state index in [-0.39, 0.29) is 5.56 Å². The van der Waals surface area contributed by atoms with Crippen molar-refractivity contribution >= 4 is 51.8 Å². The number of anilines is 1. The van der Waals surface area contributed by atoms with Gasteiger partial charge in [0.25, 0.3) is 5.56 Å². The Kier molecular flexibility index (Phi) is 5.03. The fraction of sp³-hybridized carbons (Fsp3) is 0.100. The standard InChI is InChI=1S/C20H16IN3OS/c21-16-9-11-17(12-10-16)23-13-22-20-24(14-23)19(25)18(26-20)8-4-7-15-5-2-1-3-6-15/h1-12H,13-14H2. The quantitative estimate of drug-likeness (QED) is 0.549. The summed E-state index contributed by atoms with van der Waals surface area (Å²) < 4.78 is 3.64. The van der Waals surface area contributed by atoms with Crippen LogP contribution in [0.4, 0.5) is 5.69 Å². The van der Waals surface area contributed by atoms with E-state index in [1.165, 1.54) is 14.9 Å². The van der Waals surface area contributed by atoms with Gasteiger partial charge in [-0.2, -0.15) is 0 Å². The van der Waals surface area contributed by atoms with Crippen LogP contribution in [0.25, 0.3) is 12.2 Å². The third-order valence-electron chi connectivity index (χ3n) is 4.10. The number of halogens is 1. The largest absolute Gasteiger partial charge is 0.334 e. The van der Waals surface area contributed by atoms with Gasteiger partial charge in [-0.3, -0.25) is 9.36 Å². The Bertz CT molecular complexity index is 1110. The fourth-order valence-electron chi connectivity index (χ4n) is 2.75. The molecule has 1 aromatic heterocycles. The first kappa shape index (κ1) is 17.2. The second-order valence-corrected chi connectivity index (χ2v) is 8.13. The zero-order valence-corrected chi connectivity index (χ0v) is 16.9. The molecular formula is C20H16IN3OS. The van der Waals surface area contributed by atoms with E-state index in [0.717, 1.165) is 16.1 Å². The monoisotopic (exact) mass is 473 g/mol. The van der Waals surface area contributed by atoms with Crippen molar-refractivity contribution in [3.8, 4) is 0 Å². The molecule has 0 saturated heterocycles. The van der Waals surface area contributed by atoms with Gasteiger partial charge in [-0.25, -0.2) is 4.99 Å². The Hall–Kier alpha value is -2.19. The maximum absolute atomic E-state index is 12.7. The van der Waals surface area contributed by atoms with Crippen molar-refractivity contribution in [2.75, 3.05) is 11.6 Å². The van der Waals surface area contributed by atoms with Crippen molar-refractivity contribution in [1.29, 1.82) is 0 Å². The molecule has 0 saturated carbocycles. The summed E-state index contributed by atoms with van der Waals surface area (Å²) in [6.07, 6.45) is 5.79. The van der Waals surface area contributed by atoms with E-state index in [1.807, 2.05) is 48.6 Å². The molecule has 0 bridgehead atoms. The first-order chi connectivity index (χ1) is 12.7. The molecule has 0 atom stereocenters. The van der Waals surface area contributed by atoms with Crippen LogP contribution in [0.2, 0.25) is 0 Å². The maximum atomic E-state index is 12.7. The van der Waals surface area contributed by atoms with Crippen LogP contribution in [-0.2, 0) is 6.67 Å². The number of rotatable bonds is 3. The molecule has 1 aliphatic rings. The van der Waals surface area contributed by atoms with Gasteiger partial charge in [0.2, 0.25) is 0 Å². The Balaban J connectivity index is 1.61. The minimum atomic E-state index is 0.0154. The van der Waals surface area contributed by atoms with Gasteiger partial charge in [0.05, 0.1) is 4.53 Å². The summed E-state index contributed by atoms with van der Waals surface area (Å²) in [5.74, 6) is 0. The highest BCUT2D eigenvalue weighted by molar-refractivity contribution is 14.1. The van der Waals surface area contributed by atoms with E-state index in [1.54, 1.807) is 4.57 Å². The molecule has 26 heavy (non-hydrogen) atoms. The van der Waals surface area contributed by atoms with Crippen molar-refractivity contribution in [2.45, 2.75) is 6.67 Å². The Morgan fingerprint density at radius 3 is 2.62 bits per heavy atom. The number of fused-ring (bicyclic) bond motifs is 1. The molecule has 2 aromatic carbocycles. The molecule has 0 unspecified atom stereocenters. The summed E-state index contributed by atoms with van der Waals surface area (Å²) in [5, 5.41) is 0. The third kappa shape index (κ3) is 3.66. The summed E-state index contributed by atoms with van der Waals surface area (Å²) >= 11 is 3.73. The lowest BCUT2D eigenvalue weighted by molar-refractivity contribution is 0.569. The van der Waals surface area contributed by atoms with E-state index in [4.69, 9.17) is 0 Å². The summed E-state index contributed by atoms with van der Waals surface area (Å²) in [6, 6.07) is 18.3. The smallest absolute Gasteiger partial charge is 0.271 e. The lowest BCUT2D eigenvalue weighted by Crippen LogP contribution is -2.42. The summed E-state index contributed by atoms with van der Waals surface area (Å²) in [7, 11) is 0. The maximum Gasteiger partial charge on any atom is 0.271 e. The fourth-order valence-corrected chi connectivity index (χ4v) is 4.03. The first-order valence-corrected chi connectivity index (χ1v) is 10.1. The van der Waals surface area contributed by atoms with E-state index in [0.29, 0.717) is 17.9 Å². The Morgan fingerprint density at radius 1 is 1.08 bits per heavy atom. The lowest BCUT2D eigenvalue weighted by atomic mass is 10.2. The molecule has 4 rings (SSSR count). The molecule has 130 valence electrons. The molecule has 0 amide bonds. The molecule has 0 fully saturated rings. The number of nitrogens with zero attached hydrogens (tertiary/aromatic N) is 3. The highest BCUT2D eigenvalue weighted by atomic mass is 127. The summed E-state index contributed by atoms with van der Waals surface area (Å²) in [6.45, 7) is 1.10. The Labute approximate surface area is 168 Å². The topological polar surface area (TPSA) is 37.6 Å². The second-order valence-electron chi connectivity index (χ2n) is 5.88. The van der Waals surface area contributed by atoms with E-state index >= 15 is 0 Å². The molecule has 0 radical (unpaired) electrons. The Morgan fingerprint density at radius 2 is 1.85 bits per heavy atom. The number of hydrogen-bond acceptors (Lipinski definition) is 4. The molecule has 0 spiro atoms. The lowest BCUT2D eigenvalue weighted by Gasteiger charge is -2.25. The molecule has 1 aliphatic heterocycles. The average molecular weight is 473 g/mol. The molecule has 4 nitrogen and oxygen atoms in total. The van der Waals surface area contributed by atoms with Crippen molar-refractivity contribution < 1.29 is 0 Å². The van der Waals surface area contributed by atoms with Gasteiger partial charge in [-0.05, 0) is 58.5 Å². The minimum absolute atomic E-state index is 0.0154. The molecule has 0 aliphatic carbocycles. The molecule has 6 heteroatoms. The summed E-state index contributed by atoms with van der Waals surface area (Å²) in [4.78, 5) is 20.2. The SMILES string of the molecule is O=c1c(=CC=Cc2ccccc2)sc2n1CN(c1ccc(I)cc1)CN=2. The van der Waals surface area contributed by atoms with Gasteiger partial charge in [0, 0.05) is 9.26 Å². The highest BCUT2D eigenvalue weighted by Gasteiger charge is 2.15. The molecule has 0 N–H and O–H groups in total. The van der Waals surface area contributed by atoms with Crippen molar-refractivity contribution in [3.63, 3.8) is 0 Å². The predicted molar refractivity (Wildman–Crippen MR) is 116 cm³/mol. The first-order valence-electron chi connectivity index (χ1n) is 8.19. The van der Waals surface area contributed by atoms with Crippen molar-refractivity contribution in [3.05, 3.63) is 89.5 Å². The van der Waals surface area contributed by atoms with Crippen molar-refractivity contribution in [1.82, 2.24) is 4.57 Å². The number of benzene rings is 2. The van der Waals surface area contributed by atoms with Crippen LogP contribution in [0.3, 0.4) is 0 Å². The van der Waals surface area contributed by atoms with E-state index in [9.17, 15) is 4.79 Å². The number of hydrogen-bond donors (Lipinski definition) is 0. The van der Waals surface area contributed by atoms with E-state index < -0.39 is 0 Å². The van der Waals surface area contributed by atoms with Crippen LogP contribution in [0, 0.1) is 3.57 Å². The number of thiazole rings is 1. The van der Waals surface area contributed by atoms with Gasteiger partial charge in [0.1, 0.15) is 13.3 Å². The van der Waals surface area contributed by atoms with Crippen LogP contribution < -0.4 is 19.8 Å². The third-order valence-corrected chi connectivity index (χ3v) is 5.89. The van der Waals surface area contributed by atoms with Gasteiger partial charge in [0.15, 0.2) is 4.80 Å². The summed E-state index contributed by atoms with van der Waals surface area (Å²) in [5.41, 5.74) is 2.20. The van der Waals surface area contributed by atoms with Crippen LogP contribution in [0.1, 0.15) is 5.56 Å². The number of allylic oxidation sites excluding steroid dienone is 1. The second kappa shape index (κ2) is 7.59. The predicted octanol–water partition coefficient (Wildman–Crippen LogP) is 3.06. The van der Waals surface area contributed by atoms with Gasteiger partial charge >= 0.3 is 0 Å². The van der Waals surface area contributed by atoms with Gasteiger partial charge in [-0.1, -0.05) is 53.8 Å². The molecule has 3 aromatic rings. The van der Waals surface area contributed by atoms with Gasteiger partial charge in [-0.15, -0.1) is 0 Å².